The van der Waals surface area contributed by atoms with E-state index in [9.17, 15) is 4.79 Å². The van der Waals surface area contributed by atoms with Gasteiger partial charge in [-0.3, -0.25) is 0 Å². The highest BCUT2D eigenvalue weighted by Crippen LogP contribution is 2.37. The Morgan fingerprint density at radius 3 is 3.00 bits per heavy atom. The second-order valence-corrected chi connectivity index (χ2v) is 6.33. The second-order valence-electron chi connectivity index (χ2n) is 5.54. The lowest BCUT2D eigenvalue weighted by molar-refractivity contribution is 0.00772. The first-order chi connectivity index (χ1) is 9.66. The number of hydrogen-bond acceptors (Lipinski definition) is 2. The fourth-order valence-corrected chi connectivity index (χ4v) is 3.04. The number of aryl methyl sites for hydroxylation is 1. The third-order valence-corrected chi connectivity index (χ3v) is 5.08. The largest absolute Gasteiger partial charge is 0.377 e. The average Bonchev–Trinajstić information content (AvgIpc) is 3.28. The van der Waals surface area contributed by atoms with Gasteiger partial charge in [0.15, 0.2) is 0 Å². The Labute approximate surface area is 127 Å². The van der Waals surface area contributed by atoms with Crippen molar-refractivity contribution in [1.29, 1.82) is 0 Å². The summed E-state index contributed by atoms with van der Waals surface area (Å²) in [5.41, 5.74) is 1.94. The molecule has 2 amide bonds. The van der Waals surface area contributed by atoms with E-state index in [0.29, 0.717) is 25.7 Å². The SMILES string of the molecule is Cc1cccc(NC(=O)N2CCOC[C@@H]2C2CC2)c1Br. The molecule has 0 spiro atoms. The van der Waals surface area contributed by atoms with Crippen molar-refractivity contribution in [2.45, 2.75) is 25.8 Å². The van der Waals surface area contributed by atoms with Gasteiger partial charge in [0.25, 0.3) is 0 Å². The van der Waals surface area contributed by atoms with Crippen molar-refractivity contribution < 1.29 is 9.53 Å². The van der Waals surface area contributed by atoms with Gasteiger partial charge in [-0.25, -0.2) is 4.79 Å². The number of nitrogens with one attached hydrogen (secondary N) is 1. The van der Waals surface area contributed by atoms with Gasteiger partial charge in [0.05, 0.1) is 24.9 Å². The number of anilines is 1. The number of rotatable bonds is 2. The predicted molar refractivity (Wildman–Crippen MR) is 81.9 cm³/mol. The third kappa shape index (κ3) is 2.83. The minimum Gasteiger partial charge on any atom is -0.377 e. The Balaban J connectivity index is 1.72. The first-order valence-electron chi connectivity index (χ1n) is 7.07. The van der Waals surface area contributed by atoms with Crippen LogP contribution in [-0.2, 0) is 4.74 Å². The van der Waals surface area contributed by atoms with Crippen LogP contribution in [0, 0.1) is 12.8 Å². The lowest BCUT2D eigenvalue weighted by Gasteiger charge is -2.35. The molecule has 2 aliphatic rings. The normalized spacial score (nSPS) is 22.7. The molecule has 1 aliphatic carbocycles. The highest BCUT2D eigenvalue weighted by atomic mass is 79.9. The molecule has 1 aliphatic heterocycles. The fourth-order valence-electron chi connectivity index (χ4n) is 2.68. The molecule has 1 saturated heterocycles. The molecule has 0 bridgehead atoms. The fraction of sp³-hybridized carbons (Fsp3) is 0.533. The molecule has 4 nitrogen and oxygen atoms in total. The Kier molecular flexibility index (Phi) is 3.98. The number of amides is 2. The van der Waals surface area contributed by atoms with E-state index < -0.39 is 0 Å². The van der Waals surface area contributed by atoms with Gasteiger partial charge >= 0.3 is 6.03 Å². The zero-order valence-electron chi connectivity index (χ0n) is 11.6. The van der Waals surface area contributed by atoms with Crippen molar-refractivity contribution in [2.24, 2.45) is 5.92 Å². The summed E-state index contributed by atoms with van der Waals surface area (Å²) in [5.74, 6) is 0.627. The van der Waals surface area contributed by atoms with Crippen LogP contribution in [0.4, 0.5) is 10.5 Å². The Morgan fingerprint density at radius 1 is 1.45 bits per heavy atom. The average molecular weight is 339 g/mol. The van der Waals surface area contributed by atoms with E-state index in [2.05, 4.69) is 21.2 Å². The van der Waals surface area contributed by atoms with Gasteiger partial charge in [0, 0.05) is 11.0 Å². The van der Waals surface area contributed by atoms with Crippen molar-refractivity contribution in [3.63, 3.8) is 0 Å². The first-order valence-corrected chi connectivity index (χ1v) is 7.86. The van der Waals surface area contributed by atoms with Crippen LogP contribution >= 0.6 is 15.9 Å². The number of benzene rings is 1. The van der Waals surface area contributed by atoms with Crippen LogP contribution in [0.3, 0.4) is 0 Å². The number of urea groups is 1. The highest BCUT2D eigenvalue weighted by molar-refractivity contribution is 9.10. The molecule has 0 unspecified atom stereocenters. The zero-order valence-corrected chi connectivity index (χ0v) is 13.1. The van der Waals surface area contributed by atoms with Crippen molar-refractivity contribution >= 4 is 27.6 Å². The molecule has 20 heavy (non-hydrogen) atoms. The van der Waals surface area contributed by atoms with Crippen LogP contribution in [0.25, 0.3) is 0 Å². The van der Waals surface area contributed by atoms with Gasteiger partial charge in [-0.15, -0.1) is 0 Å². The first kappa shape index (κ1) is 13.9. The molecule has 1 N–H and O–H groups in total. The minimum absolute atomic E-state index is 0.0171. The summed E-state index contributed by atoms with van der Waals surface area (Å²) in [6, 6.07) is 6.11. The number of carbonyl (C=O) groups is 1. The van der Waals surface area contributed by atoms with Crippen LogP contribution in [-0.4, -0.2) is 36.7 Å². The van der Waals surface area contributed by atoms with Gasteiger partial charge in [0.1, 0.15) is 0 Å². The molecule has 1 aromatic carbocycles. The Morgan fingerprint density at radius 2 is 2.25 bits per heavy atom. The van der Waals surface area contributed by atoms with E-state index in [1.165, 1.54) is 12.8 Å². The van der Waals surface area contributed by atoms with E-state index in [4.69, 9.17) is 4.74 Å². The topological polar surface area (TPSA) is 41.6 Å². The van der Waals surface area contributed by atoms with Gasteiger partial charge in [-0.2, -0.15) is 0 Å². The van der Waals surface area contributed by atoms with Crippen molar-refractivity contribution in [1.82, 2.24) is 4.90 Å². The summed E-state index contributed by atoms with van der Waals surface area (Å²) in [4.78, 5) is 14.5. The van der Waals surface area contributed by atoms with E-state index >= 15 is 0 Å². The van der Waals surface area contributed by atoms with Gasteiger partial charge < -0.3 is 15.0 Å². The zero-order chi connectivity index (χ0) is 14.1. The van der Waals surface area contributed by atoms with Gasteiger partial charge in [-0.1, -0.05) is 12.1 Å². The van der Waals surface area contributed by atoms with Crippen LogP contribution in [0.15, 0.2) is 22.7 Å². The van der Waals surface area contributed by atoms with Crippen LogP contribution in [0.2, 0.25) is 0 Å². The molecule has 108 valence electrons. The summed E-state index contributed by atoms with van der Waals surface area (Å²) in [7, 11) is 0. The molecule has 5 heteroatoms. The summed E-state index contributed by atoms with van der Waals surface area (Å²) < 4.78 is 6.47. The molecule has 0 radical (unpaired) electrons. The summed E-state index contributed by atoms with van der Waals surface area (Å²) in [6.45, 7) is 4.00. The number of ether oxygens (including phenoxy) is 1. The van der Waals surface area contributed by atoms with E-state index in [1.807, 2.05) is 30.0 Å². The molecule has 1 atom stereocenters. The predicted octanol–water partition coefficient (Wildman–Crippen LogP) is 3.40. The summed E-state index contributed by atoms with van der Waals surface area (Å²) in [6.07, 6.45) is 2.43. The monoisotopic (exact) mass is 338 g/mol. The summed E-state index contributed by atoms with van der Waals surface area (Å²) in [5, 5.41) is 3.02. The molecule has 0 aromatic heterocycles. The van der Waals surface area contributed by atoms with Crippen molar-refractivity contribution in [2.75, 3.05) is 25.1 Å². The Hall–Kier alpha value is -1.07. The Bertz CT molecular complexity index is 517. The van der Waals surface area contributed by atoms with Crippen molar-refractivity contribution in [3.05, 3.63) is 28.2 Å². The van der Waals surface area contributed by atoms with Gasteiger partial charge in [-0.05, 0) is 53.2 Å². The quantitative estimate of drug-likeness (QED) is 0.897. The number of carbonyl (C=O) groups excluding carboxylic acids is 1. The van der Waals surface area contributed by atoms with Gasteiger partial charge in [0.2, 0.25) is 0 Å². The maximum Gasteiger partial charge on any atom is 0.322 e. The van der Waals surface area contributed by atoms with E-state index in [0.717, 1.165) is 15.7 Å². The van der Waals surface area contributed by atoms with Crippen molar-refractivity contribution in [3.8, 4) is 0 Å². The minimum atomic E-state index is -0.0171. The summed E-state index contributed by atoms with van der Waals surface area (Å²) >= 11 is 3.53. The van der Waals surface area contributed by atoms with E-state index in [1.54, 1.807) is 0 Å². The van der Waals surface area contributed by atoms with Crippen LogP contribution in [0.5, 0.6) is 0 Å². The standard InChI is InChI=1S/C15H19BrN2O2/c1-10-3-2-4-12(14(10)16)17-15(19)18-7-8-20-9-13(18)11-5-6-11/h2-4,11,13H,5-9H2,1H3,(H,17,19)/t13-/m1/s1. The molecule has 2 fully saturated rings. The molecular formula is C15H19BrN2O2. The molecule has 3 rings (SSSR count). The molecule has 1 aromatic rings. The molecule has 1 saturated carbocycles. The number of halogens is 1. The molecule has 1 heterocycles. The maximum absolute atomic E-state index is 12.5. The highest BCUT2D eigenvalue weighted by Gasteiger charge is 2.39. The third-order valence-electron chi connectivity index (χ3n) is 4.03. The second kappa shape index (κ2) is 5.74. The number of hydrogen-bond donors (Lipinski definition) is 1. The number of nitrogens with zero attached hydrogens (tertiary/aromatic N) is 1. The smallest absolute Gasteiger partial charge is 0.322 e. The van der Waals surface area contributed by atoms with Crippen LogP contribution < -0.4 is 5.32 Å². The lowest BCUT2D eigenvalue weighted by Crippen LogP contribution is -2.51. The van der Waals surface area contributed by atoms with E-state index in [-0.39, 0.29) is 12.1 Å². The molecular weight excluding hydrogens is 320 g/mol. The number of morpholine rings is 1. The lowest BCUT2D eigenvalue weighted by atomic mass is 10.1. The maximum atomic E-state index is 12.5. The van der Waals surface area contributed by atoms with Crippen LogP contribution in [0.1, 0.15) is 18.4 Å².